The second-order valence-corrected chi connectivity index (χ2v) is 9.10. The van der Waals surface area contributed by atoms with Crippen molar-refractivity contribution in [3.8, 4) is 0 Å². The van der Waals surface area contributed by atoms with Gasteiger partial charge >= 0.3 is 6.09 Å². The normalized spacial score (nSPS) is 17.0. The number of nitrogens with zero attached hydrogens (tertiary/aromatic N) is 4. The molecule has 4 rings (SSSR count). The Bertz CT molecular complexity index is 1050. The molecule has 0 aromatic carbocycles. The topological polar surface area (TPSA) is 89.4 Å². The van der Waals surface area contributed by atoms with E-state index < -0.39 is 11.0 Å². The summed E-state index contributed by atoms with van der Waals surface area (Å²) in [5.41, 5.74) is 3.01. The molecule has 8 heteroatoms. The van der Waals surface area contributed by atoms with E-state index in [1.807, 2.05) is 37.6 Å². The second kappa shape index (κ2) is 7.51. The van der Waals surface area contributed by atoms with E-state index in [0.717, 1.165) is 35.4 Å². The first kappa shape index (κ1) is 21.1. The highest BCUT2D eigenvalue weighted by atomic mass is 16.6. The fourth-order valence-corrected chi connectivity index (χ4v) is 4.29. The van der Waals surface area contributed by atoms with Gasteiger partial charge in [0.25, 0.3) is 5.91 Å². The van der Waals surface area contributed by atoms with E-state index >= 15 is 0 Å². The van der Waals surface area contributed by atoms with Gasteiger partial charge in [0.1, 0.15) is 5.60 Å². The van der Waals surface area contributed by atoms with Gasteiger partial charge in [0.2, 0.25) is 0 Å². The van der Waals surface area contributed by atoms with Crippen molar-refractivity contribution < 1.29 is 14.3 Å². The van der Waals surface area contributed by atoms with Crippen molar-refractivity contribution in [2.75, 3.05) is 13.6 Å². The molecule has 2 aliphatic rings. The molecule has 2 aromatic heterocycles. The van der Waals surface area contributed by atoms with Crippen molar-refractivity contribution in [2.24, 2.45) is 0 Å². The lowest BCUT2D eigenvalue weighted by molar-refractivity contribution is 0.0193. The molecule has 0 radical (unpaired) electrons. The van der Waals surface area contributed by atoms with Gasteiger partial charge in [0.05, 0.1) is 24.5 Å². The summed E-state index contributed by atoms with van der Waals surface area (Å²) < 4.78 is 7.44. The van der Waals surface area contributed by atoms with Crippen LogP contribution in [0.3, 0.4) is 0 Å². The summed E-state index contributed by atoms with van der Waals surface area (Å²) in [4.78, 5) is 31.9. The number of ether oxygens (including phenoxy) is 1. The summed E-state index contributed by atoms with van der Waals surface area (Å²) >= 11 is 0. The van der Waals surface area contributed by atoms with E-state index in [4.69, 9.17) is 4.74 Å². The fraction of sp³-hybridized carbons (Fsp3) is 0.478. The van der Waals surface area contributed by atoms with Crippen molar-refractivity contribution in [3.63, 3.8) is 0 Å². The third-order valence-corrected chi connectivity index (χ3v) is 5.81. The molecule has 0 bridgehead atoms. The minimum atomic E-state index is -0.574. The Morgan fingerprint density at radius 2 is 2.03 bits per heavy atom. The summed E-state index contributed by atoms with van der Waals surface area (Å²) in [6, 6.07) is 3.87. The minimum Gasteiger partial charge on any atom is -0.444 e. The quantitative estimate of drug-likeness (QED) is 0.816. The Morgan fingerprint density at radius 3 is 2.65 bits per heavy atom. The molecule has 1 fully saturated rings. The van der Waals surface area contributed by atoms with Gasteiger partial charge in [-0.05, 0) is 45.2 Å². The fourth-order valence-electron chi connectivity index (χ4n) is 4.29. The molecule has 0 atom stereocenters. The number of aromatic nitrogens is 3. The Morgan fingerprint density at radius 1 is 1.29 bits per heavy atom. The molecule has 0 saturated heterocycles. The average Bonchev–Trinajstić information content (AvgIpc) is 3.44. The molecule has 2 amide bonds. The van der Waals surface area contributed by atoms with Gasteiger partial charge in [0, 0.05) is 30.8 Å². The van der Waals surface area contributed by atoms with Gasteiger partial charge in [-0.3, -0.25) is 14.5 Å². The number of carbonyl (C=O) groups is 2. The van der Waals surface area contributed by atoms with Crippen LogP contribution in [0.5, 0.6) is 0 Å². The number of carbonyl (C=O) groups excluding carboxylic acids is 2. The van der Waals surface area contributed by atoms with Crippen LogP contribution in [0.25, 0.3) is 6.08 Å². The van der Waals surface area contributed by atoms with Gasteiger partial charge in [-0.2, -0.15) is 5.10 Å². The largest absolute Gasteiger partial charge is 0.444 e. The van der Waals surface area contributed by atoms with Gasteiger partial charge in [0.15, 0.2) is 5.69 Å². The van der Waals surface area contributed by atoms with Crippen LogP contribution in [0.15, 0.2) is 24.9 Å². The lowest BCUT2D eigenvalue weighted by Gasteiger charge is -2.31. The van der Waals surface area contributed by atoms with Crippen molar-refractivity contribution in [1.29, 1.82) is 0 Å². The maximum atomic E-state index is 12.8. The minimum absolute atomic E-state index is 0.233. The third-order valence-electron chi connectivity index (χ3n) is 5.81. The van der Waals surface area contributed by atoms with E-state index in [2.05, 4.69) is 22.0 Å². The lowest BCUT2D eigenvalue weighted by Crippen LogP contribution is -2.42. The molecule has 0 unspecified atom stereocenters. The number of fused-ring (bicyclic) bond motifs is 1. The zero-order valence-electron chi connectivity index (χ0n) is 18.6. The molecule has 3 heterocycles. The van der Waals surface area contributed by atoms with E-state index in [1.165, 1.54) is 0 Å². The van der Waals surface area contributed by atoms with Crippen LogP contribution in [0.1, 0.15) is 66.6 Å². The zero-order chi connectivity index (χ0) is 22.4. The molecule has 2 aromatic rings. The van der Waals surface area contributed by atoms with Crippen LogP contribution in [0.2, 0.25) is 0 Å². The number of hydrogen-bond donors (Lipinski definition) is 1. The predicted octanol–water partition coefficient (Wildman–Crippen LogP) is 3.11. The maximum absolute atomic E-state index is 12.8. The monoisotopic (exact) mass is 423 g/mol. The van der Waals surface area contributed by atoms with Crippen LogP contribution >= 0.6 is 0 Å². The number of nitrogens with one attached hydrogen (secondary N) is 1. The SMILES string of the molecule is C=Cc1cccnc1C1(c2c(C(=O)NC)nn3c2CN(C(=O)OC(C)(C)C)CC3)CC1. The molecule has 1 saturated carbocycles. The van der Waals surface area contributed by atoms with E-state index in [-0.39, 0.29) is 12.0 Å². The standard InChI is InChI=1S/C23H29N5O3/c1-6-15-8-7-11-25-19(15)23(9-10-23)17-16-14-27(21(30)31-22(2,3)4)12-13-28(16)26-18(17)20(29)24-5/h6-8,11H,1,9-10,12-14H2,2-5H3,(H,24,29). The lowest BCUT2D eigenvalue weighted by atomic mass is 9.86. The van der Waals surface area contributed by atoms with Crippen LogP contribution < -0.4 is 5.32 Å². The molecular formula is C23H29N5O3. The maximum Gasteiger partial charge on any atom is 0.410 e. The van der Waals surface area contributed by atoms with Crippen molar-refractivity contribution in [1.82, 2.24) is 25.0 Å². The van der Waals surface area contributed by atoms with E-state index in [1.54, 1.807) is 24.2 Å². The molecule has 1 aliphatic heterocycles. The predicted molar refractivity (Wildman–Crippen MR) is 117 cm³/mol. The average molecular weight is 424 g/mol. The Labute approximate surface area is 182 Å². The number of hydrogen-bond acceptors (Lipinski definition) is 5. The van der Waals surface area contributed by atoms with E-state index in [0.29, 0.717) is 25.3 Å². The van der Waals surface area contributed by atoms with Crippen LogP contribution in [-0.2, 0) is 23.2 Å². The highest BCUT2D eigenvalue weighted by molar-refractivity contribution is 5.95. The van der Waals surface area contributed by atoms with Crippen molar-refractivity contribution >= 4 is 18.1 Å². The summed E-state index contributed by atoms with van der Waals surface area (Å²) in [7, 11) is 1.60. The first-order valence-electron chi connectivity index (χ1n) is 10.6. The van der Waals surface area contributed by atoms with E-state index in [9.17, 15) is 9.59 Å². The molecule has 0 spiro atoms. The first-order chi connectivity index (χ1) is 14.7. The second-order valence-electron chi connectivity index (χ2n) is 9.10. The first-order valence-corrected chi connectivity index (χ1v) is 10.6. The van der Waals surface area contributed by atoms with Gasteiger partial charge < -0.3 is 15.0 Å². The number of amides is 2. The highest BCUT2D eigenvalue weighted by Gasteiger charge is 2.53. The summed E-state index contributed by atoms with van der Waals surface area (Å²) in [5.74, 6) is -0.233. The molecular weight excluding hydrogens is 394 g/mol. The molecule has 31 heavy (non-hydrogen) atoms. The number of rotatable bonds is 4. The van der Waals surface area contributed by atoms with Crippen molar-refractivity contribution in [3.05, 3.63) is 53.1 Å². The van der Waals surface area contributed by atoms with Crippen LogP contribution in [0.4, 0.5) is 4.79 Å². The summed E-state index contributed by atoms with van der Waals surface area (Å²) in [6.07, 6.45) is 4.93. The smallest absolute Gasteiger partial charge is 0.410 e. The molecule has 1 N–H and O–H groups in total. The van der Waals surface area contributed by atoms with Gasteiger partial charge in [-0.15, -0.1) is 0 Å². The number of pyridine rings is 1. The van der Waals surface area contributed by atoms with Crippen LogP contribution in [0, 0.1) is 0 Å². The zero-order valence-corrected chi connectivity index (χ0v) is 18.6. The van der Waals surface area contributed by atoms with Crippen molar-refractivity contribution in [2.45, 2.75) is 57.7 Å². The Hall–Kier alpha value is -3.16. The molecule has 8 nitrogen and oxygen atoms in total. The third kappa shape index (κ3) is 3.71. The van der Waals surface area contributed by atoms with Gasteiger partial charge in [-0.25, -0.2) is 4.79 Å². The van der Waals surface area contributed by atoms with Gasteiger partial charge in [-0.1, -0.05) is 18.7 Å². The van der Waals surface area contributed by atoms with Crippen LogP contribution in [-0.4, -0.2) is 50.9 Å². The highest BCUT2D eigenvalue weighted by Crippen LogP contribution is 2.56. The summed E-state index contributed by atoms with van der Waals surface area (Å²) in [6.45, 7) is 10.8. The Kier molecular flexibility index (Phi) is 5.11. The molecule has 164 valence electrons. The Balaban J connectivity index is 1.80. The molecule has 1 aliphatic carbocycles. The summed E-state index contributed by atoms with van der Waals surface area (Å²) in [5, 5.41) is 7.36.